The van der Waals surface area contributed by atoms with Crippen LogP contribution in [0.1, 0.15) is 61.7 Å². The van der Waals surface area contributed by atoms with Crippen LogP contribution >= 0.6 is 0 Å². The molecule has 0 amide bonds. The number of hydrogen-bond donors (Lipinski definition) is 2. The van der Waals surface area contributed by atoms with E-state index in [9.17, 15) is 5.11 Å². The third-order valence-electron chi connectivity index (χ3n) is 4.59. The van der Waals surface area contributed by atoms with Crippen LogP contribution in [-0.4, -0.2) is 17.7 Å². The number of aliphatic hydroxyl groups is 1. The van der Waals surface area contributed by atoms with Gasteiger partial charge in [0.15, 0.2) is 0 Å². The van der Waals surface area contributed by atoms with Gasteiger partial charge >= 0.3 is 0 Å². The lowest BCUT2D eigenvalue weighted by atomic mass is 9.76. The summed E-state index contributed by atoms with van der Waals surface area (Å²) in [6.07, 6.45) is 7.18. The smallest absolute Gasteiger partial charge is 0.0945 e. The van der Waals surface area contributed by atoms with Crippen molar-refractivity contribution in [3.63, 3.8) is 0 Å². The van der Waals surface area contributed by atoms with Crippen LogP contribution in [0.4, 0.5) is 0 Å². The summed E-state index contributed by atoms with van der Waals surface area (Å²) in [5.41, 5.74) is 2.56. The van der Waals surface area contributed by atoms with Crippen LogP contribution in [0.5, 0.6) is 0 Å². The molecule has 0 spiro atoms. The minimum absolute atomic E-state index is 0.250. The highest BCUT2D eigenvalue weighted by Gasteiger charge is 2.28. The van der Waals surface area contributed by atoms with E-state index < -0.39 is 0 Å². The summed E-state index contributed by atoms with van der Waals surface area (Å²) in [5.74, 6) is 0.694. The Kier molecular flexibility index (Phi) is 3.67. The highest BCUT2D eigenvalue weighted by molar-refractivity contribution is 5.34. The molecule has 0 bridgehead atoms. The highest BCUT2D eigenvalue weighted by Crippen LogP contribution is 2.40. The number of aliphatic hydroxyl groups excluding tert-OH is 1. The van der Waals surface area contributed by atoms with Crippen molar-refractivity contribution in [3.05, 3.63) is 35.4 Å². The van der Waals surface area contributed by atoms with E-state index >= 15 is 0 Å². The Hall–Kier alpha value is -0.860. The maximum Gasteiger partial charge on any atom is 0.0945 e. The van der Waals surface area contributed by atoms with Crippen molar-refractivity contribution in [2.45, 2.75) is 56.6 Å². The third-order valence-corrected chi connectivity index (χ3v) is 4.59. The largest absolute Gasteiger partial charge is 0.387 e. The monoisotopic (exact) mass is 245 g/mol. The van der Waals surface area contributed by atoms with Gasteiger partial charge in [0.1, 0.15) is 0 Å². The minimum atomic E-state index is -0.331. The summed E-state index contributed by atoms with van der Waals surface area (Å²) in [4.78, 5) is 0. The van der Waals surface area contributed by atoms with Crippen molar-refractivity contribution in [1.82, 2.24) is 5.32 Å². The van der Waals surface area contributed by atoms with Crippen LogP contribution in [0.3, 0.4) is 0 Å². The second-order valence-electron chi connectivity index (χ2n) is 5.76. The first kappa shape index (κ1) is 12.2. The molecular weight excluding hydrogens is 222 g/mol. The van der Waals surface area contributed by atoms with Crippen LogP contribution in [0.2, 0.25) is 0 Å². The molecule has 2 unspecified atom stereocenters. The number of nitrogens with one attached hydrogen (secondary N) is 1. The lowest BCUT2D eigenvalue weighted by Crippen LogP contribution is -2.39. The van der Waals surface area contributed by atoms with Crippen molar-refractivity contribution in [1.29, 1.82) is 0 Å². The molecule has 1 aliphatic carbocycles. The van der Waals surface area contributed by atoms with Crippen LogP contribution in [-0.2, 0) is 0 Å². The van der Waals surface area contributed by atoms with Gasteiger partial charge in [-0.2, -0.15) is 0 Å². The van der Waals surface area contributed by atoms with Gasteiger partial charge in [-0.15, -0.1) is 0 Å². The quantitative estimate of drug-likeness (QED) is 0.857. The van der Waals surface area contributed by atoms with Crippen LogP contribution in [0, 0.1) is 0 Å². The van der Waals surface area contributed by atoms with Gasteiger partial charge in [0.2, 0.25) is 0 Å². The van der Waals surface area contributed by atoms with E-state index in [0.717, 1.165) is 13.0 Å². The van der Waals surface area contributed by atoms with Gasteiger partial charge in [-0.25, -0.2) is 0 Å². The Morgan fingerprint density at radius 2 is 1.89 bits per heavy atom. The lowest BCUT2D eigenvalue weighted by molar-refractivity contribution is 0.112. The van der Waals surface area contributed by atoms with E-state index in [-0.39, 0.29) is 12.1 Å². The third kappa shape index (κ3) is 2.32. The molecule has 2 nitrogen and oxygen atoms in total. The maximum atomic E-state index is 10.6. The molecule has 1 aromatic carbocycles. The number of benzene rings is 1. The minimum Gasteiger partial charge on any atom is -0.387 e. The van der Waals surface area contributed by atoms with Crippen LogP contribution in [0.15, 0.2) is 24.3 Å². The molecule has 1 heterocycles. The summed E-state index contributed by atoms with van der Waals surface area (Å²) in [5, 5.41) is 14.1. The molecule has 1 saturated heterocycles. The second-order valence-corrected chi connectivity index (χ2v) is 5.76. The van der Waals surface area contributed by atoms with Crippen molar-refractivity contribution in [2.24, 2.45) is 0 Å². The molecule has 1 saturated carbocycles. The fourth-order valence-electron chi connectivity index (χ4n) is 3.24. The van der Waals surface area contributed by atoms with Crippen molar-refractivity contribution < 1.29 is 5.11 Å². The van der Waals surface area contributed by atoms with Gasteiger partial charge < -0.3 is 10.4 Å². The fraction of sp³-hybridized carbons (Fsp3) is 0.625. The standard InChI is InChI=1S/C16H23NO/c18-16(15-10-3-4-11-17-15)14-9-2-1-8-13(14)12-6-5-7-12/h1-2,8-9,12,15-18H,3-7,10-11H2. The van der Waals surface area contributed by atoms with Crippen molar-refractivity contribution in [3.8, 4) is 0 Å². The molecule has 0 aromatic heterocycles. The zero-order valence-electron chi connectivity index (χ0n) is 10.9. The molecule has 2 heteroatoms. The first-order valence-electron chi connectivity index (χ1n) is 7.36. The number of rotatable bonds is 3. The average molecular weight is 245 g/mol. The number of hydrogen-bond acceptors (Lipinski definition) is 2. The van der Waals surface area contributed by atoms with Gasteiger partial charge in [0, 0.05) is 6.04 Å². The zero-order valence-corrected chi connectivity index (χ0v) is 10.9. The fourth-order valence-corrected chi connectivity index (χ4v) is 3.24. The Bertz CT molecular complexity index is 394. The number of piperidine rings is 1. The molecular formula is C16H23NO. The summed E-state index contributed by atoms with van der Waals surface area (Å²) in [6.45, 7) is 1.05. The maximum absolute atomic E-state index is 10.6. The molecule has 1 aromatic rings. The van der Waals surface area contributed by atoms with E-state index in [0.29, 0.717) is 5.92 Å². The van der Waals surface area contributed by atoms with Crippen molar-refractivity contribution >= 4 is 0 Å². The van der Waals surface area contributed by atoms with E-state index in [1.807, 2.05) is 0 Å². The molecule has 2 aliphatic rings. The highest BCUT2D eigenvalue weighted by atomic mass is 16.3. The molecule has 2 fully saturated rings. The molecule has 1 aliphatic heterocycles. The normalized spacial score (nSPS) is 26.6. The van der Waals surface area contributed by atoms with Gasteiger partial charge in [-0.3, -0.25) is 0 Å². The summed E-state index contributed by atoms with van der Waals surface area (Å²) in [6, 6.07) is 8.75. The van der Waals surface area contributed by atoms with E-state index in [2.05, 4.69) is 29.6 Å². The van der Waals surface area contributed by atoms with Gasteiger partial charge in [-0.05, 0) is 49.3 Å². The summed E-state index contributed by atoms with van der Waals surface area (Å²) >= 11 is 0. The topological polar surface area (TPSA) is 32.3 Å². The second kappa shape index (κ2) is 5.41. The Morgan fingerprint density at radius 3 is 2.56 bits per heavy atom. The summed E-state index contributed by atoms with van der Waals surface area (Å²) < 4.78 is 0. The first-order valence-corrected chi connectivity index (χ1v) is 7.36. The van der Waals surface area contributed by atoms with Gasteiger partial charge in [0.25, 0.3) is 0 Å². The predicted octanol–water partition coefficient (Wildman–Crippen LogP) is 3.13. The van der Waals surface area contributed by atoms with Crippen molar-refractivity contribution in [2.75, 3.05) is 6.54 Å². The Labute approximate surface area is 109 Å². The molecule has 3 rings (SSSR count). The molecule has 98 valence electrons. The van der Waals surface area contributed by atoms with E-state index in [1.165, 1.54) is 43.2 Å². The average Bonchev–Trinajstić information content (AvgIpc) is 2.38. The van der Waals surface area contributed by atoms with E-state index in [1.54, 1.807) is 0 Å². The molecule has 2 N–H and O–H groups in total. The molecule has 18 heavy (non-hydrogen) atoms. The van der Waals surface area contributed by atoms with Gasteiger partial charge in [-0.1, -0.05) is 37.1 Å². The Balaban J connectivity index is 1.81. The lowest BCUT2D eigenvalue weighted by Gasteiger charge is -2.33. The first-order chi connectivity index (χ1) is 8.86. The van der Waals surface area contributed by atoms with Crippen LogP contribution < -0.4 is 5.32 Å². The van der Waals surface area contributed by atoms with Crippen LogP contribution in [0.25, 0.3) is 0 Å². The Morgan fingerprint density at radius 1 is 1.06 bits per heavy atom. The predicted molar refractivity (Wildman–Crippen MR) is 73.6 cm³/mol. The van der Waals surface area contributed by atoms with E-state index in [4.69, 9.17) is 0 Å². The molecule has 2 atom stereocenters. The SMILES string of the molecule is OC(c1ccccc1C1CCC1)C1CCCCN1. The zero-order chi connectivity index (χ0) is 12.4. The molecule has 0 radical (unpaired) electrons. The summed E-state index contributed by atoms with van der Waals surface area (Å²) in [7, 11) is 0. The van der Waals surface area contributed by atoms with Gasteiger partial charge in [0.05, 0.1) is 6.10 Å².